The predicted octanol–water partition coefficient (Wildman–Crippen LogP) is 4.07. The molecule has 3 aromatic rings. The maximum absolute atomic E-state index is 13.5. The van der Waals surface area contributed by atoms with Gasteiger partial charge in [0, 0.05) is 22.6 Å². The summed E-state index contributed by atoms with van der Waals surface area (Å²) in [4.78, 5) is 12.5. The molecule has 0 atom stereocenters. The number of benzene rings is 2. The van der Waals surface area contributed by atoms with Gasteiger partial charge in [0.05, 0.1) is 0 Å². The van der Waals surface area contributed by atoms with E-state index in [9.17, 15) is 14.3 Å². The summed E-state index contributed by atoms with van der Waals surface area (Å²) < 4.78 is 19.0. The third-order valence-corrected chi connectivity index (χ3v) is 3.44. The van der Waals surface area contributed by atoms with Crippen LogP contribution in [-0.2, 0) is 6.42 Å². The maximum atomic E-state index is 13.5. The smallest absolute Gasteiger partial charge is 0.228 e. The number of carbonyl (C=O) groups excluding carboxylic acids is 1. The van der Waals surface area contributed by atoms with Crippen molar-refractivity contribution in [1.29, 1.82) is 0 Å². The van der Waals surface area contributed by atoms with Crippen molar-refractivity contribution >= 4 is 16.8 Å². The van der Waals surface area contributed by atoms with E-state index in [0.717, 1.165) is 17.5 Å². The SMILES string of the molecule is CCc1c(O)cc(F)cc1C(=O)c1cc2ccccc2o1. The molecule has 3 rings (SSSR count). The van der Waals surface area contributed by atoms with Gasteiger partial charge in [0.2, 0.25) is 5.78 Å². The first kappa shape index (κ1) is 13.4. The van der Waals surface area contributed by atoms with Crippen molar-refractivity contribution in [1.82, 2.24) is 0 Å². The highest BCUT2D eigenvalue weighted by molar-refractivity contribution is 6.10. The molecule has 21 heavy (non-hydrogen) atoms. The van der Waals surface area contributed by atoms with Crippen LogP contribution in [0.5, 0.6) is 5.75 Å². The minimum atomic E-state index is -0.649. The van der Waals surface area contributed by atoms with Crippen LogP contribution in [0.2, 0.25) is 0 Å². The predicted molar refractivity (Wildman–Crippen MR) is 77.1 cm³/mol. The number of fused-ring (bicyclic) bond motifs is 1. The van der Waals surface area contributed by atoms with Crippen molar-refractivity contribution in [3.63, 3.8) is 0 Å². The molecule has 3 nitrogen and oxygen atoms in total. The molecular weight excluding hydrogens is 271 g/mol. The van der Waals surface area contributed by atoms with Gasteiger partial charge in [0.1, 0.15) is 17.1 Å². The Balaban J connectivity index is 2.13. The van der Waals surface area contributed by atoms with Crippen LogP contribution >= 0.6 is 0 Å². The van der Waals surface area contributed by atoms with Gasteiger partial charge in [0.15, 0.2) is 5.76 Å². The molecule has 0 radical (unpaired) electrons. The standard InChI is InChI=1S/C17H13FO3/c1-2-12-13(8-11(18)9-14(12)19)17(20)16-7-10-5-3-4-6-15(10)21-16/h3-9,19H,2H2,1H3. The number of phenolic OH excluding ortho intramolecular Hbond substituents is 1. The Hall–Kier alpha value is -2.62. The number of carbonyl (C=O) groups is 1. The molecule has 0 unspecified atom stereocenters. The molecular formula is C17H13FO3. The molecule has 0 aliphatic rings. The molecule has 0 saturated carbocycles. The Kier molecular flexibility index (Phi) is 3.22. The van der Waals surface area contributed by atoms with Crippen LogP contribution in [0.4, 0.5) is 4.39 Å². The number of aromatic hydroxyl groups is 1. The van der Waals surface area contributed by atoms with E-state index >= 15 is 0 Å². The zero-order valence-corrected chi connectivity index (χ0v) is 11.4. The molecule has 0 bridgehead atoms. The molecule has 0 spiro atoms. The highest BCUT2D eigenvalue weighted by Gasteiger charge is 2.20. The molecule has 0 fully saturated rings. The summed E-state index contributed by atoms with van der Waals surface area (Å²) in [5.41, 5.74) is 1.15. The molecule has 106 valence electrons. The third kappa shape index (κ3) is 2.29. The van der Waals surface area contributed by atoms with Gasteiger partial charge in [-0.1, -0.05) is 25.1 Å². The van der Waals surface area contributed by atoms with E-state index in [2.05, 4.69) is 0 Å². The normalized spacial score (nSPS) is 11.0. The number of halogens is 1. The van der Waals surface area contributed by atoms with Crippen LogP contribution in [0.1, 0.15) is 28.6 Å². The quantitative estimate of drug-likeness (QED) is 0.737. The third-order valence-electron chi connectivity index (χ3n) is 3.44. The summed E-state index contributed by atoms with van der Waals surface area (Å²) in [6.07, 6.45) is 0.424. The Morgan fingerprint density at radius 1 is 1.24 bits per heavy atom. The summed E-state index contributed by atoms with van der Waals surface area (Å²) in [7, 11) is 0. The lowest BCUT2D eigenvalue weighted by Gasteiger charge is -2.08. The van der Waals surface area contributed by atoms with E-state index < -0.39 is 11.6 Å². The fraction of sp³-hybridized carbons (Fsp3) is 0.118. The summed E-state index contributed by atoms with van der Waals surface area (Å²) in [5, 5.41) is 10.6. The second-order valence-corrected chi connectivity index (χ2v) is 4.78. The lowest BCUT2D eigenvalue weighted by atomic mass is 9.99. The number of hydrogen-bond acceptors (Lipinski definition) is 3. The van der Waals surface area contributed by atoms with Crippen molar-refractivity contribution in [2.75, 3.05) is 0 Å². The minimum Gasteiger partial charge on any atom is -0.508 e. The second kappa shape index (κ2) is 5.05. The van der Waals surface area contributed by atoms with E-state index in [4.69, 9.17) is 4.42 Å². The Morgan fingerprint density at radius 3 is 2.71 bits per heavy atom. The van der Waals surface area contributed by atoms with Gasteiger partial charge in [0.25, 0.3) is 0 Å². The zero-order valence-electron chi connectivity index (χ0n) is 11.4. The van der Waals surface area contributed by atoms with Gasteiger partial charge >= 0.3 is 0 Å². The molecule has 0 aliphatic carbocycles. The van der Waals surface area contributed by atoms with E-state index in [1.54, 1.807) is 19.1 Å². The number of hydrogen-bond donors (Lipinski definition) is 1. The van der Waals surface area contributed by atoms with Crippen LogP contribution in [0.25, 0.3) is 11.0 Å². The first-order valence-corrected chi connectivity index (χ1v) is 6.65. The van der Waals surface area contributed by atoms with Crippen molar-refractivity contribution in [2.24, 2.45) is 0 Å². The number of ketones is 1. The maximum Gasteiger partial charge on any atom is 0.228 e. The number of rotatable bonds is 3. The summed E-state index contributed by atoms with van der Waals surface area (Å²) >= 11 is 0. The lowest BCUT2D eigenvalue weighted by molar-refractivity contribution is 0.101. The van der Waals surface area contributed by atoms with Crippen LogP contribution in [-0.4, -0.2) is 10.9 Å². The molecule has 2 aromatic carbocycles. The van der Waals surface area contributed by atoms with Gasteiger partial charge in [-0.25, -0.2) is 4.39 Å². The summed E-state index contributed by atoms with van der Waals surface area (Å²) in [6, 6.07) is 11.0. The average molecular weight is 284 g/mol. The van der Waals surface area contributed by atoms with Crippen LogP contribution < -0.4 is 0 Å². The van der Waals surface area contributed by atoms with E-state index in [0.29, 0.717) is 17.6 Å². The second-order valence-electron chi connectivity index (χ2n) is 4.78. The largest absolute Gasteiger partial charge is 0.508 e. The van der Waals surface area contributed by atoms with E-state index in [1.165, 1.54) is 0 Å². The first-order valence-electron chi connectivity index (χ1n) is 6.65. The highest BCUT2D eigenvalue weighted by Crippen LogP contribution is 2.28. The summed E-state index contributed by atoms with van der Waals surface area (Å²) in [6.45, 7) is 1.79. The molecule has 0 amide bonds. The molecule has 4 heteroatoms. The summed E-state index contributed by atoms with van der Waals surface area (Å²) in [5.74, 6) is -1.16. The first-order chi connectivity index (χ1) is 10.1. The van der Waals surface area contributed by atoms with Gasteiger partial charge in [-0.05, 0) is 24.6 Å². The molecule has 0 aliphatic heterocycles. The van der Waals surface area contributed by atoms with Crippen molar-refractivity contribution in [3.8, 4) is 5.75 Å². The topological polar surface area (TPSA) is 50.4 Å². The zero-order chi connectivity index (χ0) is 15.0. The average Bonchev–Trinajstić information content (AvgIpc) is 2.89. The number of furan rings is 1. The number of para-hydroxylation sites is 1. The van der Waals surface area contributed by atoms with Crippen LogP contribution in [0.3, 0.4) is 0 Å². The van der Waals surface area contributed by atoms with Gasteiger partial charge < -0.3 is 9.52 Å². The molecule has 1 aromatic heterocycles. The van der Waals surface area contributed by atoms with Gasteiger partial charge in [-0.2, -0.15) is 0 Å². The van der Waals surface area contributed by atoms with Crippen molar-refractivity contribution in [2.45, 2.75) is 13.3 Å². The van der Waals surface area contributed by atoms with E-state index in [1.807, 2.05) is 18.2 Å². The van der Waals surface area contributed by atoms with Crippen molar-refractivity contribution in [3.05, 3.63) is 65.2 Å². The highest BCUT2D eigenvalue weighted by atomic mass is 19.1. The minimum absolute atomic E-state index is 0.133. The fourth-order valence-electron chi connectivity index (χ4n) is 2.42. The Labute approximate surface area is 120 Å². The van der Waals surface area contributed by atoms with Gasteiger partial charge in [-0.15, -0.1) is 0 Å². The molecule has 1 N–H and O–H groups in total. The van der Waals surface area contributed by atoms with Gasteiger partial charge in [-0.3, -0.25) is 4.79 Å². The number of phenols is 1. The van der Waals surface area contributed by atoms with Crippen LogP contribution in [0.15, 0.2) is 46.9 Å². The van der Waals surface area contributed by atoms with Crippen LogP contribution in [0, 0.1) is 5.82 Å². The monoisotopic (exact) mass is 284 g/mol. The van der Waals surface area contributed by atoms with Crippen molar-refractivity contribution < 1.29 is 18.7 Å². The van der Waals surface area contributed by atoms with E-state index in [-0.39, 0.29) is 17.1 Å². The fourth-order valence-corrected chi connectivity index (χ4v) is 2.42. The Bertz CT molecular complexity index is 800. The molecule has 1 heterocycles. The lowest BCUT2D eigenvalue weighted by Crippen LogP contribution is -2.05. The molecule has 0 saturated heterocycles. The Morgan fingerprint density at radius 2 is 2.00 bits per heavy atom.